The summed E-state index contributed by atoms with van der Waals surface area (Å²) in [5.74, 6) is 0. The second kappa shape index (κ2) is 5.68. The van der Waals surface area contributed by atoms with Crippen molar-refractivity contribution in [1.29, 1.82) is 0 Å². The Morgan fingerprint density at radius 2 is 2.00 bits per heavy atom. The van der Waals surface area contributed by atoms with Crippen molar-refractivity contribution in [2.24, 2.45) is 5.73 Å². The smallest absolute Gasteiger partial charge is 0.0214 e. The van der Waals surface area contributed by atoms with E-state index in [-0.39, 0.29) is 0 Å². The first-order valence-corrected chi connectivity index (χ1v) is 6.05. The highest BCUT2D eigenvalue weighted by molar-refractivity contribution is 9.10. The Morgan fingerprint density at radius 3 is 2.46 bits per heavy atom. The molecule has 0 fully saturated rings. The van der Waals surface area contributed by atoms with E-state index < -0.39 is 0 Å². The second-order valence-corrected chi connectivity index (χ2v) is 5.13. The average molecular weight is 260 g/mol. The summed E-state index contributed by atoms with van der Waals surface area (Å²) in [6, 6.07) is 8.36. The van der Waals surface area contributed by atoms with E-state index in [0.29, 0.717) is 5.25 Å². The van der Waals surface area contributed by atoms with Crippen molar-refractivity contribution in [1.82, 2.24) is 0 Å². The zero-order valence-corrected chi connectivity index (χ0v) is 10.1. The van der Waals surface area contributed by atoms with Gasteiger partial charge in [0.15, 0.2) is 0 Å². The van der Waals surface area contributed by atoms with Crippen LogP contribution in [-0.2, 0) is 0 Å². The number of nitrogens with two attached hydrogens (primary N) is 1. The molecule has 13 heavy (non-hydrogen) atoms. The van der Waals surface area contributed by atoms with Crippen LogP contribution in [0.2, 0.25) is 0 Å². The van der Waals surface area contributed by atoms with Gasteiger partial charge in [-0.05, 0) is 30.7 Å². The fourth-order valence-electron chi connectivity index (χ4n) is 1.00. The van der Waals surface area contributed by atoms with Crippen LogP contribution in [0.1, 0.15) is 13.3 Å². The maximum Gasteiger partial charge on any atom is 0.0214 e. The molecular formula is C10H14BrNS. The molecule has 72 valence electrons. The number of halogens is 1. The Morgan fingerprint density at radius 1 is 1.38 bits per heavy atom. The van der Waals surface area contributed by atoms with Gasteiger partial charge in [0.25, 0.3) is 0 Å². The van der Waals surface area contributed by atoms with Gasteiger partial charge in [-0.15, -0.1) is 11.8 Å². The molecule has 1 aromatic rings. The monoisotopic (exact) mass is 259 g/mol. The third-order valence-electron chi connectivity index (χ3n) is 1.83. The van der Waals surface area contributed by atoms with E-state index in [1.54, 1.807) is 0 Å². The molecule has 0 saturated heterocycles. The number of thioether (sulfide) groups is 1. The van der Waals surface area contributed by atoms with Gasteiger partial charge in [-0.25, -0.2) is 0 Å². The van der Waals surface area contributed by atoms with Crippen molar-refractivity contribution in [3.63, 3.8) is 0 Å². The molecule has 0 radical (unpaired) electrons. The molecule has 3 heteroatoms. The van der Waals surface area contributed by atoms with Gasteiger partial charge < -0.3 is 5.73 Å². The van der Waals surface area contributed by atoms with E-state index in [1.165, 1.54) is 4.90 Å². The Hall–Kier alpha value is 0.01000. The van der Waals surface area contributed by atoms with Gasteiger partial charge in [-0.3, -0.25) is 0 Å². The van der Waals surface area contributed by atoms with Gasteiger partial charge in [-0.1, -0.05) is 22.9 Å². The first-order chi connectivity index (χ1) is 6.26. The predicted octanol–water partition coefficient (Wildman–Crippen LogP) is 3.28. The average Bonchev–Trinajstić information content (AvgIpc) is 2.17. The normalized spacial score (nSPS) is 12.8. The number of hydrogen-bond donors (Lipinski definition) is 1. The predicted molar refractivity (Wildman–Crippen MR) is 63.1 cm³/mol. The highest BCUT2D eigenvalue weighted by Crippen LogP contribution is 2.25. The van der Waals surface area contributed by atoms with Gasteiger partial charge in [-0.2, -0.15) is 0 Å². The van der Waals surface area contributed by atoms with Crippen LogP contribution in [0.4, 0.5) is 0 Å². The first-order valence-electron chi connectivity index (χ1n) is 4.38. The van der Waals surface area contributed by atoms with Crippen molar-refractivity contribution in [2.75, 3.05) is 6.54 Å². The van der Waals surface area contributed by atoms with Crippen molar-refractivity contribution < 1.29 is 0 Å². The molecule has 1 rings (SSSR count). The zero-order valence-electron chi connectivity index (χ0n) is 7.66. The molecule has 1 aromatic carbocycles. The second-order valence-electron chi connectivity index (χ2n) is 2.84. The van der Waals surface area contributed by atoms with E-state index in [2.05, 4.69) is 47.1 Å². The van der Waals surface area contributed by atoms with Gasteiger partial charge >= 0.3 is 0 Å². The van der Waals surface area contributed by atoms with E-state index in [1.807, 2.05) is 11.8 Å². The molecule has 0 aliphatic rings. The van der Waals surface area contributed by atoms with Crippen LogP contribution in [0.3, 0.4) is 0 Å². The van der Waals surface area contributed by atoms with Crippen molar-refractivity contribution in [2.45, 2.75) is 23.5 Å². The summed E-state index contributed by atoms with van der Waals surface area (Å²) in [6.07, 6.45) is 1.12. The molecule has 0 amide bonds. The van der Waals surface area contributed by atoms with Crippen LogP contribution in [0.15, 0.2) is 33.6 Å². The zero-order chi connectivity index (χ0) is 9.68. The van der Waals surface area contributed by atoms with E-state index in [0.717, 1.165) is 17.4 Å². The highest BCUT2D eigenvalue weighted by atomic mass is 79.9. The van der Waals surface area contributed by atoms with Crippen LogP contribution >= 0.6 is 27.7 Å². The molecule has 0 aromatic heterocycles. The molecule has 2 N–H and O–H groups in total. The Labute approximate surface area is 92.2 Å². The maximum atomic E-state index is 5.63. The van der Waals surface area contributed by atoms with Crippen LogP contribution in [-0.4, -0.2) is 11.8 Å². The third kappa shape index (κ3) is 3.71. The van der Waals surface area contributed by atoms with Gasteiger partial charge in [0, 0.05) is 21.2 Å². The first kappa shape index (κ1) is 11.1. The SMILES string of the molecule is CCC(CN)Sc1ccc(Br)cc1. The lowest BCUT2D eigenvalue weighted by molar-refractivity contribution is 0.827. The van der Waals surface area contributed by atoms with E-state index in [9.17, 15) is 0 Å². The van der Waals surface area contributed by atoms with Crippen molar-refractivity contribution in [3.8, 4) is 0 Å². The highest BCUT2D eigenvalue weighted by Gasteiger charge is 2.04. The maximum absolute atomic E-state index is 5.63. The lowest BCUT2D eigenvalue weighted by atomic mass is 10.3. The molecule has 0 heterocycles. The molecule has 1 unspecified atom stereocenters. The summed E-state index contributed by atoms with van der Waals surface area (Å²) in [6.45, 7) is 2.92. The summed E-state index contributed by atoms with van der Waals surface area (Å²) in [5.41, 5.74) is 5.63. The standard InChI is InChI=1S/C10H14BrNS/c1-2-9(7-12)13-10-5-3-8(11)4-6-10/h3-6,9H,2,7,12H2,1H3. The van der Waals surface area contributed by atoms with Crippen molar-refractivity contribution >= 4 is 27.7 Å². The summed E-state index contributed by atoms with van der Waals surface area (Å²) >= 11 is 5.26. The Balaban J connectivity index is 2.58. The molecule has 1 atom stereocenters. The van der Waals surface area contributed by atoms with E-state index in [4.69, 9.17) is 5.73 Å². The van der Waals surface area contributed by atoms with Gasteiger partial charge in [0.05, 0.1) is 0 Å². The minimum atomic E-state index is 0.543. The topological polar surface area (TPSA) is 26.0 Å². The Bertz CT molecular complexity index is 244. The van der Waals surface area contributed by atoms with Gasteiger partial charge in [0.1, 0.15) is 0 Å². The molecule has 0 spiro atoms. The number of benzene rings is 1. The fraction of sp³-hybridized carbons (Fsp3) is 0.400. The molecule has 1 nitrogen and oxygen atoms in total. The molecule has 0 bridgehead atoms. The molecule has 0 aliphatic carbocycles. The van der Waals surface area contributed by atoms with Crippen LogP contribution in [0, 0.1) is 0 Å². The number of hydrogen-bond acceptors (Lipinski definition) is 2. The quantitative estimate of drug-likeness (QED) is 0.841. The summed E-state index contributed by atoms with van der Waals surface area (Å²) in [5, 5.41) is 0.543. The van der Waals surface area contributed by atoms with Crippen molar-refractivity contribution in [3.05, 3.63) is 28.7 Å². The van der Waals surface area contributed by atoms with Crippen LogP contribution in [0.5, 0.6) is 0 Å². The lowest BCUT2D eigenvalue weighted by Gasteiger charge is -2.11. The lowest BCUT2D eigenvalue weighted by Crippen LogP contribution is -2.15. The van der Waals surface area contributed by atoms with Crippen LogP contribution in [0.25, 0.3) is 0 Å². The minimum Gasteiger partial charge on any atom is -0.329 e. The molecule has 0 saturated carbocycles. The van der Waals surface area contributed by atoms with Gasteiger partial charge in [0.2, 0.25) is 0 Å². The van der Waals surface area contributed by atoms with E-state index >= 15 is 0 Å². The fourth-order valence-corrected chi connectivity index (χ4v) is 2.21. The summed E-state index contributed by atoms with van der Waals surface area (Å²) in [4.78, 5) is 1.29. The molecular weight excluding hydrogens is 246 g/mol. The van der Waals surface area contributed by atoms with Crippen LogP contribution < -0.4 is 5.73 Å². The summed E-state index contributed by atoms with van der Waals surface area (Å²) < 4.78 is 1.12. The largest absolute Gasteiger partial charge is 0.329 e. The third-order valence-corrected chi connectivity index (χ3v) is 3.77. The Kier molecular flexibility index (Phi) is 4.84. The minimum absolute atomic E-state index is 0.543. The number of rotatable bonds is 4. The molecule has 0 aliphatic heterocycles. The summed E-state index contributed by atoms with van der Waals surface area (Å²) in [7, 11) is 0.